The van der Waals surface area contributed by atoms with Crippen LogP contribution in [0.15, 0.2) is 36.4 Å². The molecule has 2 aromatic rings. The quantitative estimate of drug-likeness (QED) is 0.723. The number of carbonyl (C=O) groups is 1. The largest absolute Gasteiger partial charge is 0.446 e. The van der Waals surface area contributed by atoms with Gasteiger partial charge in [-0.05, 0) is 68.7 Å². The number of nitrogens with one attached hydrogen (secondary N) is 1. The van der Waals surface area contributed by atoms with Gasteiger partial charge in [-0.15, -0.1) is 0 Å². The van der Waals surface area contributed by atoms with Gasteiger partial charge in [0.05, 0.1) is 23.5 Å². The maximum absolute atomic E-state index is 13.2. The lowest BCUT2D eigenvalue weighted by molar-refractivity contribution is 0.0779. The summed E-state index contributed by atoms with van der Waals surface area (Å²) in [5.41, 5.74) is 0.818. The second kappa shape index (κ2) is 7.62. The Morgan fingerprint density at radius 2 is 2.00 bits per heavy atom. The molecule has 1 atom stereocenters. The molecular formula is C20H23FN2O4. The first-order valence-corrected chi connectivity index (χ1v) is 8.85. The highest BCUT2D eigenvalue weighted by atomic mass is 19.1. The Bertz CT molecular complexity index is 814. The van der Waals surface area contributed by atoms with Gasteiger partial charge in [0.1, 0.15) is 18.0 Å². The number of aliphatic hydroxyl groups excluding tert-OH is 1. The number of pyridine rings is 1. The number of rotatable bonds is 6. The van der Waals surface area contributed by atoms with E-state index in [1.165, 1.54) is 12.1 Å². The fraction of sp³-hybridized carbons (Fsp3) is 0.400. The molecule has 7 heteroatoms. The minimum atomic E-state index is -1.16. The first kappa shape index (κ1) is 19.3. The highest BCUT2D eigenvalue weighted by molar-refractivity contribution is 5.67. The maximum atomic E-state index is 13.2. The highest BCUT2D eigenvalue weighted by Crippen LogP contribution is 2.28. The molecule has 1 aliphatic rings. The summed E-state index contributed by atoms with van der Waals surface area (Å²) in [6.45, 7) is 3.17. The van der Waals surface area contributed by atoms with Gasteiger partial charge in [-0.25, -0.2) is 14.2 Å². The maximum Gasteiger partial charge on any atom is 0.407 e. The number of ether oxygens (including phenoxy) is 1. The molecule has 6 nitrogen and oxygen atoms in total. The Kier molecular flexibility index (Phi) is 5.43. The lowest BCUT2D eigenvalue weighted by Crippen LogP contribution is -2.30. The third kappa shape index (κ3) is 5.24. The molecule has 3 N–H and O–H groups in total. The van der Waals surface area contributed by atoms with Crippen molar-refractivity contribution in [3.05, 3.63) is 53.5 Å². The molecule has 1 aromatic carbocycles. The molecule has 27 heavy (non-hydrogen) atoms. The van der Waals surface area contributed by atoms with Crippen molar-refractivity contribution in [2.24, 2.45) is 0 Å². The normalized spacial score (nSPS) is 15.3. The smallest absolute Gasteiger partial charge is 0.407 e. The summed E-state index contributed by atoms with van der Waals surface area (Å²) >= 11 is 0. The van der Waals surface area contributed by atoms with Crippen molar-refractivity contribution in [2.75, 3.05) is 6.54 Å². The minimum absolute atomic E-state index is 0.0242. The van der Waals surface area contributed by atoms with E-state index in [0.29, 0.717) is 22.5 Å². The number of carbonyl (C=O) groups excluding carboxylic acids is 1. The molecule has 0 aliphatic heterocycles. The molecule has 0 radical (unpaired) electrons. The highest BCUT2D eigenvalue weighted by Gasteiger charge is 2.26. The van der Waals surface area contributed by atoms with Crippen molar-refractivity contribution in [1.82, 2.24) is 10.3 Å². The number of aliphatic hydroxyl groups is 2. The fourth-order valence-corrected chi connectivity index (χ4v) is 2.51. The zero-order chi connectivity index (χ0) is 19.6. The molecule has 0 spiro atoms. The van der Waals surface area contributed by atoms with Crippen molar-refractivity contribution < 1.29 is 24.1 Å². The van der Waals surface area contributed by atoms with Crippen LogP contribution < -0.4 is 5.32 Å². The Morgan fingerprint density at radius 1 is 1.33 bits per heavy atom. The van der Waals surface area contributed by atoms with Gasteiger partial charge in [-0.2, -0.15) is 0 Å². The molecule has 1 aliphatic carbocycles. The van der Waals surface area contributed by atoms with Crippen LogP contribution in [-0.2, 0) is 10.3 Å². The van der Waals surface area contributed by atoms with E-state index >= 15 is 0 Å². The molecule has 0 saturated heterocycles. The van der Waals surface area contributed by atoms with Crippen LogP contribution in [0.3, 0.4) is 0 Å². The topological polar surface area (TPSA) is 91.7 Å². The number of aromatic nitrogens is 1. The van der Waals surface area contributed by atoms with Crippen LogP contribution in [-0.4, -0.2) is 33.9 Å². The van der Waals surface area contributed by atoms with E-state index in [0.717, 1.165) is 12.8 Å². The summed E-state index contributed by atoms with van der Waals surface area (Å²) in [5, 5.41) is 23.3. The van der Waals surface area contributed by atoms with E-state index in [9.17, 15) is 19.4 Å². The van der Waals surface area contributed by atoms with Crippen LogP contribution in [0.5, 0.6) is 0 Å². The van der Waals surface area contributed by atoms with Crippen molar-refractivity contribution in [3.63, 3.8) is 0 Å². The average molecular weight is 374 g/mol. The minimum Gasteiger partial charge on any atom is -0.446 e. The van der Waals surface area contributed by atoms with Crippen LogP contribution in [0, 0.1) is 5.82 Å². The van der Waals surface area contributed by atoms with Crippen LogP contribution in [0.2, 0.25) is 0 Å². The second-order valence-electron chi connectivity index (χ2n) is 7.23. The molecule has 3 rings (SSSR count). The summed E-state index contributed by atoms with van der Waals surface area (Å²) in [6, 6.07) is 9.07. The molecule has 1 unspecified atom stereocenters. The van der Waals surface area contributed by atoms with Gasteiger partial charge < -0.3 is 20.3 Å². The third-order valence-corrected chi connectivity index (χ3v) is 4.27. The van der Waals surface area contributed by atoms with Gasteiger partial charge in [0.15, 0.2) is 0 Å². The predicted octanol–water partition coefficient (Wildman–Crippen LogP) is 3.04. The monoisotopic (exact) mass is 374 g/mol. The van der Waals surface area contributed by atoms with Gasteiger partial charge in [-0.3, -0.25) is 0 Å². The second-order valence-corrected chi connectivity index (χ2v) is 7.23. The number of alkyl carbamates (subject to hydrolysis) is 1. The summed E-state index contributed by atoms with van der Waals surface area (Å²) < 4.78 is 18.3. The molecule has 0 bridgehead atoms. The number of amides is 1. The first-order chi connectivity index (χ1) is 12.7. The molecule has 1 amide bonds. The molecule has 1 fully saturated rings. The first-order valence-electron chi connectivity index (χ1n) is 8.85. The number of hydrogen-bond donors (Lipinski definition) is 3. The fourth-order valence-electron chi connectivity index (χ4n) is 2.51. The number of halogens is 1. The summed E-state index contributed by atoms with van der Waals surface area (Å²) in [7, 11) is 0. The summed E-state index contributed by atoms with van der Waals surface area (Å²) in [4.78, 5) is 16.1. The van der Waals surface area contributed by atoms with Gasteiger partial charge in [-0.1, -0.05) is 0 Å². The van der Waals surface area contributed by atoms with Crippen molar-refractivity contribution in [2.45, 2.75) is 44.5 Å². The van der Waals surface area contributed by atoms with Crippen LogP contribution in [0.4, 0.5) is 9.18 Å². The molecule has 1 heterocycles. The van der Waals surface area contributed by atoms with Gasteiger partial charge >= 0.3 is 6.09 Å². The van der Waals surface area contributed by atoms with Gasteiger partial charge in [0.25, 0.3) is 0 Å². The van der Waals surface area contributed by atoms with E-state index < -0.39 is 17.8 Å². The molecule has 1 saturated carbocycles. The Labute approximate surface area is 157 Å². The van der Waals surface area contributed by atoms with E-state index in [1.807, 2.05) is 0 Å². The molecule has 1 aromatic heterocycles. The zero-order valence-corrected chi connectivity index (χ0v) is 15.3. The van der Waals surface area contributed by atoms with E-state index in [1.54, 1.807) is 38.1 Å². The standard InChI is InChI=1S/C20H23FN2O4/c1-20(2,26)13-9-16(12-3-5-14(21)6-4-12)23-17(10-13)18(24)11-22-19(25)27-15-7-8-15/h3-6,9-10,15,18,24,26H,7-8,11H2,1-2H3,(H,22,25). The Morgan fingerprint density at radius 3 is 2.59 bits per heavy atom. The van der Waals surface area contributed by atoms with Crippen molar-refractivity contribution >= 4 is 6.09 Å². The average Bonchev–Trinajstić information content (AvgIpc) is 3.43. The number of hydrogen-bond acceptors (Lipinski definition) is 5. The van der Waals surface area contributed by atoms with Crippen molar-refractivity contribution in [1.29, 1.82) is 0 Å². The predicted molar refractivity (Wildman–Crippen MR) is 97.3 cm³/mol. The van der Waals surface area contributed by atoms with Crippen LogP contribution in [0.1, 0.15) is 44.1 Å². The lowest BCUT2D eigenvalue weighted by atomic mass is 9.95. The van der Waals surface area contributed by atoms with Crippen LogP contribution >= 0.6 is 0 Å². The zero-order valence-electron chi connectivity index (χ0n) is 15.3. The number of nitrogens with zero attached hydrogens (tertiary/aromatic N) is 1. The van der Waals surface area contributed by atoms with E-state index in [2.05, 4.69) is 10.3 Å². The van der Waals surface area contributed by atoms with Gasteiger partial charge in [0.2, 0.25) is 0 Å². The van der Waals surface area contributed by atoms with Crippen molar-refractivity contribution in [3.8, 4) is 11.3 Å². The Hall–Kier alpha value is -2.51. The van der Waals surface area contributed by atoms with E-state index in [-0.39, 0.29) is 18.5 Å². The van der Waals surface area contributed by atoms with E-state index in [4.69, 9.17) is 4.74 Å². The number of benzene rings is 1. The lowest BCUT2D eigenvalue weighted by Gasteiger charge is -2.21. The third-order valence-electron chi connectivity index (χ3n) is 4.27. The molecular weight excluding hydrogens is 351 g/mol. The van der Waals surface area contributed by atoms with Gasteiger partial charge in [0, 0.05) is 5.56 Å². The SMILES string of the molecule is CC(C)(O)c1cc(-c2ccc(F)cc2)nc(C(O)CNC(=O)OC2CC2)c1. The molecule has 144 valence electrons. The summed E-state index contributed by atoms with van der Waals surface area (Å²) in [6.07, 6.45) is 0.0503. The summed E-state index contributed by atoms with van der Waals surface area (Å²) in [5.74, 6) is -0.365. The van der Waals surface area contributed by atoms with Crippen LogP contribution in [0.25, 0.3) is 11.3 Å². The Balaban J connectivity index is 1.83.